The Morgan fingerprint density at radius 2 is 1.35 bits per heavy atom. The van der Waals surface area contributed by atoms with E-state index in [-0.39, 0.29) is 0 Å². The molecule has 10 nitrogen and oxygen atoms in total. The van der Waals surface area contributed by atoms with E-state index in [1.807, 2.05) is 20.8 Å². The fourth-order valence-electron chi connectivity index (χ4n) is 3.66. The molecule has 0 amide bonds. The molecule has 0 aromatic heterocycles. The van der Waals surface area contributed by atoms with Gasteiger partial charge in [0.15, 0.2) is 12.6 Å². The van der Waals surface area contributed by atoms with Crippen LogP contribution in [0, 0.1) is 11.3 Å². The summed E-state index contributed by atoms with van der Waals surface area (Å²) in [7, 11) is 0. The van der Waals surface area contributed by atoms with Crippen LogP contribution < -0.4 is 0 Å². The van der Waals surface area contributed by atoms with Crippen molar-refractivity contribution >= 4 is 0 Å². The third-order valence-corrected chi connectivity index (χ3v) is 5.02. The van der Waals surface area contributed by atoms with Crippen molar-refractivity contribution in [3.8, 4) is 0 Å². The minimum atomic E-state index is -1.71. The Morgan fingerprint density at radius 1 is 0.769 bits per heavy atom. The first kappa shape index (κ1) is 21.9. The normalized spacial score (nSPS) is 47.8. The molecule has 0 radical (unpaired) electrons. The van der Waals surface area contributed by atoms with Crippen molar-refractivity contribution in [2.45, 2.75) is 76.1 Å². The van der Waals surface area contributed by atoms with Crippen LogP contribution in [0.5, 0.6) is 0 Å². The minimum absolute atomic E-state index is 0.430. The van der Waals surface area contributed by atoms with E-state index in [1.54, 1.807) is 0 Å². The molecule has 2 heterocycles. The highest BCUT2D eigenvalue weighted by Crippen LogP contribution is 2.39. The molecule has 10 atom stereocenters. The molecule has 26 heavy (non-hydrogen) atoms. The van der Waals surface area contributed by atoms with Crippen LogP contribution in [0.3, 0.4) is 0 Å². The molecule has 0 spiro atoms. The van der Waals surface area contributed by atoms with Crippen molar-refractivity contribution in [2.24, 2.45) is 11.3 Å². The summed E-state index contributed by atoms with van der Waals surface area (Å²) in [4.78, 5) is 0. The molecule has 8 unspecified atom stereocenters. The molecule has 2 saturated heterocycles. The Bertz CT molecular complexity index is 451. The molecule has 154 valence electrons. The molecule has 2 aliphatic heterocycles. The first-order valence-electron chi connectivity index (χ1n) is 8.61. The van der Waals surface area contributed by atoms with Crippen LogP contribution in [-0.2, 0) is 14.2 Å². The van der Waals surface area contributed by atoms with Gasteiger partial charge in [-0.05, 0) is 5.41 Å². The summed E-state index contributed by atoms with van der Waals surface area (Å²) in [6.07, 6.45) is -12.6. The van der Waals surface area contributed by atoms with E-state index in [9.17, 15) is 35.7 Å². The molecule has 0 aliphatic carbocycles. The summed E-state index contributed by atoms with van der Waals surface area (Å²) in [6, 6.07) is 0. The van der Waals surface area contributed by atoms with Crippen LogP contribution in [0.2, 0.25) is 0 Å². The van der Waals surface area contributed by atoms with E-state index >= 15 is 0 Å². The van der Waals surface area contributed by atoms with Gasteiger partial charge in [0, 0.05) is 5.92 Å². The zero-order chi connectivity index (χ0) is 19.8. The maximum Gasteiger partial charge on any atom is 0.187 e. The van der Waals surface area contributed by atoms with Gasteiger partial charge in [-0.25, -0.2) is 0 Å². The van der Waals surface area contributed by atoms with Crippen molar-refractivity contribution in [3.05, 3.63) is 0 Å². The lowest BCUT2D eigenvalue weighted by Crippen LogP contribution is -2.64. The fourth-order valence-corrected chi connectivity index (χ4v) is 3.66. The average Bonchev–Trinajstić information content (AvgIpc) is 2.57. The van der Waals surface area contributed by atoms with Crippen molar-refractivity contribution in [3.63, 3.8) is 0 Å². The van der Waals surface area contributed by atoms with Crippen LogP contribution >= 0.6 is 0 Å². The summed E-state index contributed by atoms with van der Waals surface area (Å²) >= 11 is 0. The predicted octanol–water partition coefficient (Wildman–Crippen LogP) is -3.10. The molecule has 7 N–H and O–H groups in total. The number of hydrogen-bond acceptors (Lipinski definition) is 10. The number of ether oxygens (including phenoxy) is 3. The smallest absolute Gasteiger partial charge is 0.187 e. The SMILES string of the molecule is CC(C)(C)C1C(CO)OC(OC2C(O)C(O)[C@H](O)O[C@H]2CO)C(O)C1O. The van der Waals surface area contributed by atoms with E-state index in [1.165, 1.54) is 0 Å². The van der Waals surface area contributed by atoms with Gasteiger partial charge >= 0.3 is 0 Å². The van der Waals surface area contributed by atoms with E-state index in [0.29, 0.717) is 0 Å². The molecule has 10 heteroatoms. The van der Waals surface area contributed by atoms with Crippen LogP contribution in [0.4, 0.5) is 0 Å². The van der Waals surface area contributed by atoms with Crippen molar-refractivity contribution in [1.82, 2.24) is 0 Å². The van der Waals surface area contributed by atoms with Crippen molar-refractivity contribution in [2.75, 3.05) is 13.2 Å². The lowest BCUT2D eigenvalue weighted by Gasteiger charge is -2.49. The Balaban J connectivity index is 2.18. The van der Waals surface area contributed by atoms with Gasteiger partial charge in [-0.3, -0.25) is 0 Å². The van der Waals surface area contributed by atoms with Gasteiger partial charge in [0.1, 0.15) is 30.5 Å². The van der Waals surface area contributed by atoms with Gasteiger partial charge in [-0.2, -0.15) is 0 Å². The highest BCUT2D eigenvalue weighted by atomic mass is 16.7. The number of aliphatic hydroxyl groups excluding tert-OH is 7. The zero-order valence-corrected chi connectivity index (χ0v) is 15.0. The molecule has 2 aliphatic rings. The Kier molecular flexibility index (Phi) is 7.00. The van der Waals surface area contributed by atoms with Crippen LogP contribution in [0.15, 0.2) is 0 Å². The zero-order valence-electron chi connectivity index (χ0n) is 15.0. The quantitative estimate of drug-likeness (QED) is 0.264. The third kappa shape index (κ3) is 4.20. The second kappa shape index (κ2) is 8.31. The van der Waals surface area contributed by atoms with Crippen molar-refractivity contribution in [1.29, 1.82) is 0 Å². The van der Waals surface area contributed by atoms with Gasteiger partial charge in [-0.1, -0.05) is 20.8 Å². The fraction of sp³-hybridized carbons (Fsp3) is 1.00. The van der Waals surface area contributed by atoms with Crippen molar-refractivity contribution < 1.29 is 50.0 Å². The van der Waals surface area contributed by atoms with Gasteiger partial charge in [0.2, 0.25) is 0 Å². The Hall–Kier alpha value is -0.400. The largest absolute Gasteiger partial charge is 0.394 e. The van der Waals surface area contributed by atoms with Crippen LogP contribution in [-0.4, -0.2) is 104 Å². The highest BCUT2D eigenvalue weighted by Gasteiger charge is 2.52. The molecule has 0 aromatic rings. The first-order valence-corrected chi connectivity index (χ1v) is 8.61. The van der Waals surface area contributed by atoms with E-state index in [4.69, 9.17) is 14.2 Å². The van der Waals surface area contributed by atoms with E-state index < -0.39 is 79.9 Å². The summed E-state index contributed by atoms with van der Waals surface area (Å²) in [5, 5.41) is 69.3. The highest BCUT2D eigenvalue weighted by molar-refractivity contribution is 4.96. The molecule has 0 bridgehead atoms. The predicted molar refractivity (Wildman–Crippen MR) is 85.6 cm³/mol. The second-order valence-corrected chi connectivity index (χ2v) is 7.93. The minimum Gasteiger partial charge on any atom is -0.394 e. The second-order valence-electron chi connectivity index (χ2n) is 7.93. The maximum atomic E-state index is 10.5. The van der Waals surface area contributed by atoms with Gasteiger partial charge in [-0.15, -0.1) is 0 Å². The maximum absolute atomic E-state index is 10.5. The molecule has 0 saturated carbocycles. The van der Waals surface area contributed by atoms with E-state index in [0.717, 1.165) is 0 Å². The van der Waals surface area contributed by atoms with Gasteiger partial charge in [0.05, 0.1) is 25.4 Å². The number of hydrogen-bond donors (Lipinski definition) is 7. The molecule has 0 aromatic carbocycles. The lowest BCUT2D eigenvalue weighted by molar-refractivity contribution is -0.355. The van der Waals surface area contributed by atoms with E-state index in [2.05, 4.69) is 0 Å². The summed E-state index contributed by atoms with van der Waals surface area (Å²) in [6.45, 7) is 4.43. The lowest BCUT2D eigenvalue weighted by atomic mass is 9.71. The third-order valence-electron chi connectivity index (χ3n) is 5.02. The van der Waals surface area contributed by atoms with Crippen LogP contribution in [0.1, 0.15) is 20.8 Å². The average molecular weight is 382 g/mol. The molecule has 2 fully saturated rings. The molecule has 2 rings (SSSR count). The van der Waals surface area contributed by atoms with Gasteiger partial charge in [0.25, 0.3) is 0 Å². The molecular formula is C16H30O10. The standard InChI is InChI=1S/C16H30O10/c1-16(2,3)8-6(4-17)25-15(12(22)9(8)19)26-13-7(5-18)24-14(23)11(21)10(13)20/h6-15,17-23H,4-5H2,1-3H3/t6?,7-,8?,9?,10?,11?,12?,13?,14+,15?/m0/s1. The summed E-state index contributed by atoms with van der Waals surface area (Å²) < 4.78 is 16.1. The Labute approximate surface area is 151 Å². The molecular weight excluding hydrogens is 352 g/mol. The van der Waals surface area contributed by atoms with Gasteiger partial charge < -0.3 is 50.0 Å². The number of aliphatic hydroxyl groups is 7. The van der Waals surface area contributed by atoms with Crippen LogP contribution in [0.25, 0.3) is 0 Å². The topological polar surface area (TPSA) is 169 Å². The summed E-state index contributed by atoms with van der Waals surface area (Å²) in [5.74, 6) is -0.587. The monoisotopic (exact) mass is 382 g/mol. The first-order chi connectivity index (χ1) is 12.0. The number of rotatable bonds is 4. The summed E-state index contributed by atoms with van der Waals surface area (Å²) in [5.41, 5.74) is -0.486. The Morgan fingerprint density at radius 3 is 1.85 bits per heavy atom.